The second-order valence-corrected chi connectivity index (χ2v) is 9.89. The lowest BCUT2D eigenvalue weighted by Crippen LogP contribution is -2.38. The molecule has 0 aromatic heterocycles. The lowest BCUT2D eigenvalue weighted by atomic mass is 10.1. The van der Waals surface area contributed by atoms with E-state index >= 15 is 0 Å². The maximum atomic E-state index is 12.9. The minimum Gasteiger partial charge on any atom is -0.376 e. The van der Waals surface area contributed by atoms with E-state index in [0.29, 0.717) is 23.7 Å². The number of nitrogens with one attached hydrogen (secondary N) is 2. The maximum Gasteiger partial charge on any atom is 0.243 e. The topological polar surface area (TPSA) is 78.5 Å². The summed E-state index contributed by atoms with van der Waals surface area (Å²) in [4.78, 5) is 12.6. The second kappa shape index (κ2) is 10.3. The highest BCUT2D eigenvalue weighted by Gasteiger charge is 2.25. The van der Waals surface area contributed by atoms with Crippen LogP contribution in [0.1, 0.15) is 64.2 Å². The van der Waals surface area contributed by atoms with Gasteiger partial charge in [0, 0.05) is 24.8 Å². The summed E-state index contributed by atoms with van der Waals surface area (Å²) < 4.78 is 27.5. The summed E-state index contributed by atoms with van der Waals surface area (Å²) in [5.74, 6) is -0.0346. The van der Waals surface area contributed by atoms with Gasteiger partial charge in [-0.25, -0.2) is 8.42 Å². The van der Waals surface area contributed by atoms with E-state index in [4.69, 9.17) is 0 Å². The van der Waals surface area contributed by atoms with Crippen molar-refractivity contribution in [2.24, 2.45) is 0 Å². The van der Waals surface area contributed by atoms with E-state index in [0.717, 1.165) is 38.5 Å². The normalized spacial score (nSPS) is 20.1. The lowest BCUT2D eigenvalue weighted by molar-refractivity contribution is -0.120. The number of sulfonamides is 1. The number of rotatable bonds is 6. The fourth-order valence-corrected chi connectivity index (χ4v) is 5.65. The van der Waals surface area contributed by atoms with Crippen LogP contribution >= 0.6 is 0 Å². The fraction of sp³-hybridized carbons (Fsp3) is 0.667. The van der Waals surface area contributed by atoms with Crippen molar-refractivity contribution in [2.75, 3.05) is 25.0 Å². The maximum absolute atomic E-state index is 12.9. The van der Waals surface area contributed by atoms with Crippen LogP contribution in [0, 0.1) is 0 Å². The van der Waals surface area contributed by atoms with Gasteiger partial charge in [0.2, 0.25) is 15.9 Å². The molecule has 0 radical (unpaired) electrons. The van der Waals surface area contributed by atoms with E-state index in [2.05, 4.69) is 10.6 Å². The molecule has 1 saturated heterocycles. The molecule has 0 unspecified atom stereocenters. The van der Waals surface area contributed by atoms with Gasteiger partial charge in [-0.1, -0.05) is 44.6 Å². The number of benzene rings is 1. The van der Waals surface area contributed by atoms with Crippen molar-refractivity contribution in [2.45, 2.75) is 75.1 Å². The Balaban J connectivity index is 1.57. The third kappa shape index (κ3) is 5.95. The van der Waals surface area contributed by atoms with Crippen LogP contribution in [-0.2, 0) is 14.8 Å². The van der Waals surface area contributed by atoms with Crippen molar-refractivity contribution in [1.82, 2.24) is 9.62 Å². The first-order chi connectivity index (χ1) is 13.6. The summed E-state index contributed by atoms with van der Waals surface area (Å²) in [7, 11) is -3.48. The third-order valence-electron chi connectivity index (χ3n) is 5.71. The second-order valence-electron chi connectivity index (χ2n) is 7.96. The summed E-state index contributed by atoms with van der Waals surface area (Å²) in [6, 6.07) is 7.08. The van der Waals surface area contributed by atoms with Crippen molar-refractivity contribution < 1.29 is 13.2 Å². The van der Waals surface area contributed by atoms with Gasteiger partial charge < -0.3 is 10.6 Å². The van der Waals surface area contributed by atoms with Crippen molar-refractivity contribution in [1.29, 1.82) is 0 Å². The molecule has 2 N–H and O–H groups in total. The van der Waals surface area contributed by atoms with E-state index in [1.807, 2.05) is 0 Å². The molecule has 3 rings (SSSR count). The van der Waals surface area contributed by atoms with Gasteiger partial charge in [0.15, 0.2) is 0 Å². The van der Waals surface area contributed by atoms with E-state index in [-0.39, 0.29) is 18.5 Å². The molecule has 156 valence electrons. The highest BCUT2D eigenvalue weighted by molar-refractivity contribution is 7.89. The van der Waals surface area contributed by atoms with Crippen LogP contribution in [0.2, 0.25) is 0 Å². The molecule has 1 aliphatic heterocycles. The average molecular weight is 408 g/mol. The van der Waals surface area contributed by atoms with Gasteiger partial charge in [0.25, 0.3) is 0 Å². The van der Waals surface area contributed by atoms with Crippen LogP contribution in [-0.4, -0.2) is 44.3 Å². The third-order valence-corrected chi connectivity index (χ3v) is 7.60. The number of amides is 1. The number of hydrogen-bond acceptors (Lipinski definition) is 4. The van der Waals surface area contributed by atoms with E-state index in [1.54, 1.807) is 28.6 Å². The molecular weight excluding hydrogens is 374 g/mol. The van der Waals surface area contributed by atoms with Crippen molar-refractivity contribution in [3.63, 3.8) is 0 Å². The van der Waals surface area contributed by atoms with Crippen LogP contribution in [0.15, 0.2) is 29.2 Å². The summed E-state index contributed by atoms with van der Waals surface area (Å²) >= 11 is 0. The predicted molar refractivity (Wildman–Crippen MR) is 112 cm³/mol. The molecule has 1 aromatic rings. The van der Waals surface area contributed by atoms with Crippen LogP contribution in [0.3, 0.4) is 0 Å². The smallest absolute Gasteiger partial charge is 0.243 e. The molecule has 1 aromatic carbocycles. The quantitative estimate of drug-likeness (QED) is 0.708. The molecule has 7 heteroatoms. The molecular formula is C21H33N3O3S. The molecule has 1 saturated carbocycles. The SMILES string of the molecule is O=C(CNc1cccc(S(=O)(=O)N2CCCCCC2)c1)NC1CCCCCC1. The Morgan fingerprint density at radius 1 is 0.964 bits per heavy atom. The van der Waals surface area contributed by atoms with Gasteiger partial charge in [-0.05, 0) is 43.9 Å². The zero-order valence-corrected chi connectivity index (χ0v) is 17.5. The Labute approximate surface area is 169 Å². The first-order valence-corrected chi connectivity index (χ1v) is 12.1. The number of carbonyl (C=O) groups excluding carboxylic acids is 1. The fourth-order valence-electron chi connectivity index (χ4n) is 4.08. The Kier molecular flexibility index (Phi) is 7.73. The zero-order valence-electron chi connectivity index (χ0n) is 16.7. The molecule has 2 aliphatic rings. The van der Waals surface area contributed by atoms with E-state index in [1.165, 1.54) is 25.7 Å². The van der Waals surface area contributed by atoms with Crippen LogP contribution in [0.4, 0.5) is 5.69 Å². The largest absolute Gasteiger partial charge is 0.376 e. The zero-order chi connectivity index (χ0) is 19.8. The Morgan fingerprint density at radius 2 is 1.61 bits per heavy atom. The molecule has 28 heavy (non-hydrogen) atoms. The van der Waals surface area contributed by atoms with Gasteiger partial charge in [0.05, 0.1) is 11.4 Å². The Morgan fingerprint density at radius 3 is 2.29 bits per heavy atom. The number of hydrogen-bond donors (Lipinski definition) is 2. The molecule has 6 nitrogen and oxygen atoms in total. The van der Waals surface area contributed by atoms with Gasteiger partial charge in [-0.15, -0.1) is 0 Å². The van der Waals surface area contributed by atoms with Gasteiger partial charge in [-0.2, -0.15) is 4.31 Å². The van der Waals surface area contributed by atoms with Gasteiger partial charge >= 0.3 is 0 Å². The molecule has 1 amide bonds. The van der Waals surface area contributed by atoms with Gasteiger partial charge in [0.1, 0.15) is 0 Å². The van der Waals surface area contributed by atoms with Crippen molar-refractivity contribution in [3.8, 4) is 0 Å². The number of carbonyl (C=O) groups is 1. The van der Waals surface area contributed by atoms with Crippen LogP contribution in [0.25, 0.3) is 0 Å². The first kappa shape index (κ1) is 21.1. The van der Waals surface area contributed by atoms with E-state index < -0.39 is 10.0 Å². The van der Waals surface area contributed by atoms with Crippen molar-refractivity contribution >= 4 is 21.6 Å². The highest BCUT2D eigenvalue weighted by Crippen LogP contribution is 2.22. The summed E-state index contributed by atoms with van der Waals surface area (Å²) in [5.41, 5.74) is 0.659. The summed E-state index contributed by atoms with van der Waals surface area (Å²) in [5, 5.41) is 6.19. The standard InChI is InChI=1S/C21H33N3O3S/c25-21(23-18-10-5-1-2-6-11-18)17-22-19-12-9-13-20(16-19)28(26,27)24-14-7-3-4-8-15-24/h9,12-13,16,18,22H,1-8,10-11,14-15,17H2,(H,23,25). The number of nitrogens with zero attached hydrogens (tertiary/aromatic N) is 1. The van der Waals surface area contributed by atoms with Crippen molar-refractivity contribution in [3.05, 3.63) is 24.3 Å². The Bertz CT molecular complexity index is 735. The van der Waals surface area contributed by atoms with Crippen LogP contribution < -0.4 is 10.6 Å². The average Bonchev–Trinajstić information content (AvgIpc) is 3.12. The summed E-state index contributed by atoms with van der Waals surface area (Å²) in [6.07, 6.45) is 11.0. The molecule has 1 heterocycles. The first-order valence-electron chi connectivity index (χ1n) is 10.7. The monoisotopic (exact) mass is 407 g/mol. The molecule has 0 spiro atoms. The van der Waals surface area contributed by atoms with Crippen LogP contribution in [0.5, 0.6) is 0 Å². The highest BCUT2D eigenvalue weighted by atomic mass is 32.2. The van der Waals surface area contributed by atoms with E-state index in [9.17, 15) is 13.2 Å². The number of anilines is 1. The molecule has 2 fully saturated rings. The Hall–Kier alpha value is -1.60. The minimum atomic E-state index is -3.48. The lowest BCUT2D eigenvalue weighted by Gasteiger charge is -2.20. The molecule has 0 bridgehead atoms. The minimum absolute atomic E-state index is 0.0346. The predicted octanol–water partition coefficient (Wildman–Crippen LogP) is 3.50. The van der Waals surface area contributed by atoms with Gasteiger partial charge in [-0.3, -0.25) is 4.79 Å². The molecule has 0 atom stereocenters. The summed E-state index contributed by atoms with van der Waals surface area (Å²) in [6.45, 7) is 1.33. The molecule has 1 aliphatic carbocycles.